The summed E-state index contributed by atoms with van der Waals surface area (Å²) in [5.74, 6) is -0.292. The fraction of sp³-hybridized carbons (Fsp3) is 0.174. The van der Waals surface area contributed by atoms with E-state index in [9.17, 15) is 4.79 Å². The summed E-state index contributed by atoms with van der Waals surface area (Å²) in [6.07, 6.45) is 3.61. The third-order valence-corrected chi connectivity index (χ3v) is 5.20. The highest BCUT2D eigenvalue weighted by Crippen LogP contribution is 2.30. The topological polar surface area (TPSA) is 59.8 Å². The molecule has 0 bridgehead atoms. The molecule has 5 nitrogen and oxygen atoms in total. The Hall–Kier alpha value is -3.18. The molecule has 146 valence electrons. The molecule has 4 aromatic rings. The average molecular weight is 405 g/mol. The van der Waals surface area contributed by atoms with Crippen molar-refractivity contribution in [2.45, 2.75) is 26.7 Å². The van der Waals surface area contributed by atoms with E-state index in [1.165, 1.54) is 11.8 Å². The zero-order valence-electron chi connectivity index (χ0n) is 16.3. The molecule has 0 fully saturated rings. The molecule has 0 spiro atoms. The summed E-state index contributed by atoms with van der Waals surface area (Å²) in [7, 11) is 0. The van der Waals surface area contributed by atoms with Gasteiger partial charge in [0.2, 0.25) is 0 Å². The zero-order chi connectivity index (χ0) is 20.4. The van der Waals surface area contributed by atoms with E-state index >= 15 is 0 Å². The zero-order valence-corrected chi connectivity index (χ0v) is 17.1. The number of para-hydroxylation sites is 1. The molecule has 6 heteroatoms. The van der Waals surface area contributed by atoms with Crippen LogP contribution in [0.1, 0.15) is 35.0 Å². The molecule has 29 heavy (non-hydrogen) atoms. The van der Waals surface area contributed by atoms with Crippen molar-refractivity contribution in [3.63, 3.8) is 0 Å². The van der Waals surface area contributed by atoms with Gasteiger partial charge in [-0.05, 0) is 43.2 Å². The van der Waals surface area contributed by atoms with Gasteiger partial charge >= 0.3 is 0 Å². The van der Waals surface area contributed by atoms with Crippen molar-refractivity contribution in [1.82, 2.24) is 14.8 Å². The normalized spacial score (nSPS) is 11.0. The molecule has 4 rings (SSSR count). The van der Waals surface area contributed by atoms with Gasteiger partial charge in [0.1, 0.15) is 0 Å². The van der Waals surface area contributed by atoms with Crippen molar-refractivity contribution in [2.75, 3.05) is 5.32 Å². The van der Waals surface area contributed by atoms with E-state index in [0.29, 0.717) is 21.6 Å². The van der Waals surface area contributed by atoms with E-state index in [2.05, 4.69) is 22.3 Å². The maximum absolute atomic E-state index is 12.8. The summed E-state index contributed by atoms with van der Waals surface area (Å²) in [5.41, 5.74) is 4.53. The van der Waals surface area contributed by atoms with Gasteiger partial charge in [-0.15, -0.1) is 0 Å². The van der Waals surface area contributed by atoms with Crippen molar-refractivity contribution < 1.29 is 4.79 Å². The van der Waals surface area contributed by atoms with Gasteiger partial charge in [0, 0.05) is 11.9 Å². The molecule has 0 saturated heterocycles. The highest BCUT2D eigenvalue weighted by atomic mass is 35.5. The Kier molecular flexibility index (Phi) is 5.32. The van der Waals surface area contributed by atoms with Gasteiger partial charge < -0.3 is 5.32 Å². The smallest absolute Gasteiger partial charge is 0.258 e. The third-order valence-electron chi connectivity index (χ3n) is 4.80. The first kappa shape index (κ1) is 19.2. The van der Waals surface area contributed by atoms with Gasteiger partial charge in [0.15, 0.2) is 5.65 Å². The number of halogens is 1. The number of rotatable bonds is 5. The minimum atomic E-state index is -0.292. The lowest BCUT2D eigenvalue weighted by Crippen LogP contribution is -2.13. The summed E-state index contributed by atoms with van der Waals surface area (Å²) < 4.78 is 1.74. The molecular weight excluding hydrogens is 384 g/mol. The van der Waals surface area contributed by atoms with E-state index in [1.807, 2.05) is 61.5 Å². The van der Waals surface area contributed by atoms with E-state index in [1.54, 1.807) is 4.68 Å². The number of fused-ring (bicyclic) bond motifs is 1. The fourth-order valence-corrected chi connectivity index (χ4v) is 3.71. The number of benzene rings is 2. The first-order valence-corrected chi connectivity index (χ1v) is 9.96. The minimum absolute atomic E-state index is 0.292. The number of carbonyl (C=O) groups excluding carboxylic acids is 1. The molecule has 0 aliphatic carbocycles. The van der Waals surface area contributed by atoms with E-state index in [-0.39, 0.29) is 5.91 Å². The number of nitrogens with zero attached hydrogens (tertiary/aromatic N) is 3. The van der Waals surface area contributed by atoms with Crippen LogP contribution in [0.15, 0.2) is 60.8 Å². The van der Waals surface area contributed by atoms with E-state index < -0.39 is 0 Å². The molecular formula is C23H21ClN4O. The molecule has 1 N–H and O–H groups in total. The van der Waals surface area contributed by atoms with Crippen LogP contribution in [0, 0.1) is 6.92 Å². The Balaban J connectivity index is 1.67. The Bertz CT molecular complexity index is 1170. The Morgan fingerprint density at radius 3 is 2.52 bits per heavy atom. The van der Waals surface area contributed by atoms with Gasteiger partial charge in [0.05, 0.1) is 27.4 Å². The molecule has 2 heterocycles. The maximum Gasteiger partial charge on any atom is 0.258 e. The van der Waals surface area contributed by atoms with Gasteiger partial charge in [-0.25, -0.2) is 9.67 Å². The van der Waals surface area contributed by atoms with Crippen molar-refractivity contribution in [2.24, 2.45) is 0 Å². The highest BCUT2D eigenvalue weighted by molar-refractivity contribution is 6.39. The second-order valence-corrected chi connectivity index (χ2v) is 7.30. The number of carbonyl (C=O) groups is 1. The molecule has 0 unspecified atom stereocenters. The van der Waals surface area contributed by atoms with Crippen LogP contribution in [0.5, 0.6) is 0 Å². The lowest BCUT2D eigenvalue weighted by molar-refractivity contribution is 0.102. The van der Waals surface area contributed by atoms with Crippen LogP contribution < -0.4 is 5.32 Å². The number of hydrogen-bond donors (Lipinski definition) is 1. The summed E-state index contributed by atoms with van der Waals surface area (Å²) in [6.45, 7) is 4.01. The monoisotopic (exact) mass is 404 g/mol. The molecule has 2 aromatic carbocycles. The number of hydrogen-bond acceptors (Lipinski definition) is 3. The van der Waals surface area contributed by atoms with Crippen LogP contribution in [0.3, 0.4) is 0 Å². The van der Waals surface area contributed by atoms with Crippen LogP contribution >= 0.6 is 11.6 Å². The summed E-state index contributed by atoms with van der Waals surface area (Å²) in [6, 6.07) is 17.6. The van der Waals surface area contributed by atoms with Crippen molar-refractivity contribution in [3.05, 3.63) is 82.6 Å². The average Bonchev–Trinajstić information content (AvgIpc) is 3.08. The van der Waals surface area contributed by atoms with Gasteiger partial charge in [-0.3, -0.25) is 4.79 Å². The Morgan fingerprint density at radius 1 is 1.10 bits per heavy atom. The number of anilines is 1. The van der Waals surface area contributed by atoms with Crippen molar-refractivity contribution in [3.8, 4) is 5.69 Å². The second-order valence-electron chi connectivity index (χ2n) is 6.92. The van der Waals surface area contributed by atoms with Crippen LogP contribution in [0.2, 0.25) is 5.02 Å². The predicted octanol–water partition coefficient (Wildman–Crippen LogP) is 5.59. The first-order valence-electron chi connectivity index (χ1n) is 9.58. The predicted molar refractivity (Wildman–Crippen MR) is 117 cm³/mol. The number of aromatic nitrogens is 3. The van der Waals surface area contributed by atoms with E-state index in [4.69, 9.17) is 11.6 Å². The molecule has 1 amide bonds. The summed E-state index contributed by atoms with van der Waals surface area (Å²) in [4.78, 5) is 17.3. The van der Waals surface area contributed by atoms with Crippen molar-refractivity contribution >= 4 is 34.2 Å². The van der Waals surface area contributed by atoms with Crippen LogP contribution in [-0.4, -0.2) is 20.7 Å². The number of nitrogens with one attached hydrogen (secondary N) is 1. The first-order chi connectivity index (χ1) is 14.1. The molecule has 0 saturated carbocycles. The lowest BCUT2D eigenvalue weighted by atomic mass is 10.1. The number of aryl methyl sites for hydroxylation is 2. The standard InChI is InChI=1S/C23H21ClN4O/c1-3-7-16-10-12-17(13-11-16)26-23(29)19-14-25-22-20(21(19)24)15(2)27-28(22)18-8-5-4-6-9-18/h4-6,8-14H,3,7H2,1-2H3,(H,26,29). The largest absolute Gasteiger partial charge is 0.322 e. The molecule has 2 aromatic heterocycles. The Morgan fingerprint density at radius 2 is 1.83 bits per heavy atom. The maximum atomic E-state index is 12.8. The summed E-state index contributed by atoms with van der Waals surface area (Å²) in [5, 5.41) is 8.51. The minimum Gasteiger partial charge on any atom is -0.322 e. The van der Waals surface area contributed by atoms with Gasteiger partial charge in [0.25, 0.3) is 5.91 Å². The third kappa shape index (κ3) is 3.74. The highest BCUT2D eigenvalue weighted by Gasteiger charge is 2.20. The molecule has 0 aliphatic heterocycles. The fourth-order valence-electron chi connectivity index (χ4n) is 3.36. The SMILES string of the molecule is CCCc1ccc(NC(=O)c2cnc3c(c(C)nn3-c3ccccc3)c2Cl)cc1. The summed E-state index contributed by atoms with van der Waals surface area (Å²) >= 11 is 6.62. The van der Waals surface area contributed by atoms with Gasteiger partial charge in [-0.2, -0.15) is 5.10 Å². The Labute approximate surface area is 174 Å². The number of pyridine rings is 1. The molecule has 0 atom stereocenters. The van der Waals surface area contributed by atoms with Crippen LogP contribution in [-0.2, 0) is 6.42 Å². The van der Waals surface area contributed by atoms with Crippen molar-refractivity contribution in [1.29, 1.82) is 0 Å². The molecule has 0 aliphatic rings. The van der Waals surface area contributed by atoms with Gasteiger partial charge in [-0.1, -0.05) is 55.3 Å². The van der Waals surface area contributed by atoms with Crippen LogP contribution in [0.4, 0.5) is 5.69 Å². The second kappa shape index (κ2) is 8.05. The quantitative estimate of drug-likeness (QED) is 0.471. The lowest BCUT2D eigenvalue weighted by Gasteiger charge is -2.09. The van der Waals surface area contributed by atoms with Crippen LogP contribution in [0.25, 0.3) is 16.7 Å². The molecule has 0 radical (unpaired) electrons. The van der Waals surface area contributed by atoms with E-state index in [0.717, 1.165) is 29.9 Å². The number of amides is 1.